The zero-order valence-corrected chi connectivity index (χ0v) is 11.0. The van der Waals surface area contributed by atoms with Crippen LogP contribution in [0.2, 0.25) is 0 Å². The lowest BCUT2D eigenvalue weighted by Gasteiger charge is -2.17. The fraction of sp³-hybridized carbons (Fsp3) is 0.500. The highest BCUT2D eigenvalue weighted by Gasteiger charge is 2.18. The van der Waals surface area contributed by atoms with E-state index in [0.29, 0.717) is 5.70 Å². The Kier molecular flexibility index (Phi) is 6.47. The SMILES string of the molecule is C=C(/C=C\C)NC(=O)C(C)C(C)C=C(C)C. The van der Waals surface area contributed by atoms with Crippen LogP contribution in [0.15, 0.2) is 36.1 Å². The lowest BCUT2D eigenvalue weighted by atomic mass is 9.93. The molecule has 0 radical (unpaired) electrons. The van der Waals surface area contributed by atoms with Crippen LogP contribution in [-0.2, 0) is 4.79 Å². The second-order valence-corrected chi connectivity index (χ2v) is 4.41. The number of carbonyl (C=O) groups excluding carboxylic acids is 1. The number of hydrogen-bond donors (Lipinski definition) is 1. The smallest absolute Gasteiger partial charge is 0.227 e. The van der Waals surface area contributed by atoms with Crippen molar-refractivity contribution >= 4 is 5.91 Å². The van der Waals surface area contributed by atoms with Crippen LogP contribution >= 0.6 is 0 Å². The predicted octanol–water partition coefficient (Wildman–Crippen LogP) is 3.43. The largest absolute Gasteiger partial charge is 0.326 e. The van der Waals surface area contributed by atoms with Crippen molar-refractivity contribution in [2.45, 2.75) is 34.6 Å². The second-order valence-electron chi connectivity index (χ2n) is 4.41. The molecule has 16 heavy (non-hydrogen) atoms. The fourth-order valence-corrected chi connectivity index (χ4v) is 1.42. The lowest BCUT2D eigenvalue weighted by Crippen LogP contribution is -2.30. The molecule has 2 nitrogen and oxygen atoms in total. The van der Waals surface area contributed by atoms with Crippen LogP contribution in [0.5, 0.6) is 0 Å². The number of hydrogen-bond acceptors (Lipinski definition) is 1. The Morgan fingerprint density at radius 2 is 1.88 bits per heavy atom. The monoisotopic (exact) mass is 221 g/mol. The van der Waals surface area contributed by atoms with Gasteiger partial charge >= 0.3 is 0 Å². The number of carbonyl (C=O) groups is 1. The minimum Gasteiger partial charge on any atom is -0.326 e. The summed E-state index contributed by atoms with van der Waals surface area (Å²) >= 11 is 0. The molecule has 0 spiro atoms. The first-order valence-corrected chi connectivity index (χ1v) is 5.66. The van der Waals surface area contributed by atoms with Crippen LogP contribution in [0.4, 0.5) is 0 Å². The molecule has 0 bridgehead atoms. The van der Waals surface area contributed by atoms with Crippen LogP contribution in [0.1, 0.15) is 34.6 Å². The first-order valence-electron chi connectivity index (χ1n) is 5.66. The van der Waals surface area contributed by atoms with E-state index in [-0.39, 0.29) is 17.7 Å². The molecule has 0 aromatic carbocycles. The number of rotatable bonds is 5. The lowest BCUT2D eigenvalue weighted by molar-refractivity contribution is -0.124. The highest BCUT2D eigenvalue weighted by Crippen LogP contribution is 2.15. The molecule has 0 aromatic rings. The third-order valence-corrected chi connectivity index (χ3v) is 2.45. The number of allylic oxidation sites excluding steroid dienone is 4. The van der Waals surface area contributed by atoms with Crippen LogP contribution in [-0.4, -0.2) is 5.91 Å². The fourth-order valence-electron chi connectivity index (χ4n) is 1.42. The van der Waals surface area contributed by atoms with E-state index in [1.807, 2.05) is 33.8 Å². The maximum atomic E-state index is 11.8. The Hall–Kier alpha value is -1.31. The molecule has 0 saturated carbocycles. The minimum atomic E-state index is -0.0445. The topological polar surface area (TPSA) is 29.1 Å². The van der Waals surface area contributed by atoms with Crippen molar-refractivity contribution in [1.29, 1.82) is 0 Å². The molecule has 2 unspecified atom stereocenters. The van der Waals surface area contributed by atoms with Crippen molar-refractivity contribution in [2.24, 2.45) is 11.8 Å². The van der Waals surface area contributed by atoms with Gasteiger partial charge in [-0.3, -0.25) is 4.79 Å². The third kappa shape index (κ3) is 5.54. The van der Waals surface area contributed by atoms with Gasteiger partial charge < -0.3 is 5.32 Å². The van der Waals surface area contributed by atoms with E-state index in [2.05, 4.69) is 24.9 Å². The normalized spacial score (nSPS) is 14.3. The van der Waals surface area contributed by atoms with E-state index >= 15 is 0 Å². The Balaban J connectivity index is 4.39. The molecular formula is C14H23NO. The van der Waals surface area contributed by atoms with Gasteiger partial charge in [0.15, 0.2) is 0 Å². The molecule has 0 aliphatic heterocycles. The molecule has 1 amide bonds. The second kappa shape index (κ2) is 7.04. The zero-order chi connectivity index (χ0) is 12.7. The molecule has 0 aromatic heterocycles. The Labute approximate surface area is 99.1 Å². The minimum absolute atomic E-state index is 0.0214. The van der Waals surface area contributed by atoms with Crippen molar-refractivity contribution in [3.8, 4) is 0 Å². The average molecular weight is 221 g/mol. The van der Waals surface area contributed by atoms with E-state index in [4.69, 9.17) is 0 Å². The van der Waals surface area contributed by atoms with Gasteiger partial charge in [0.2, 0.25) is 5.91 Å². The van der Waals surface area contributed by atoms with Gasteiger partial charge in [-0.2, -0.15) is 0 Å². The molecule has 1 N–H and O–H groups in total. The van der Waals surface area contributed by atoms with Crippen molar-refractivity contribution in [2.75, 3.05) is 0 Å². The summed E-state index contributed by atoms with van der Waals surface area (Å²) in [6.45, 7) is 13.7. The van der Waals surface area contributed by atoms with Crippen molar-refractivity contribution in [3.05, 3.63) is 36.1 Å². The van der Waals surface area contributed by atoms with Gasteiger partial charge in [0.1, 0.15) is 0 Å². The maximum Gasteiger partial charge on any atom is 0.227 e. The summed E-state index contributed by atoms with van der Waals surface area (Å²) in [6, 6.07) is 0. The van der Waals surface area contributed by atoms with E-state index in [9.17, 15) is 4.79 Å². The summed E-state index contributed by atoms with van der Waals surface area (Å²) in [7, 11) is 0. The summed E-state index contributed by atoms with van der Waals surface area (Å²) in [5.41, 5.74) is 1.88. The highest BCUT2D eigenvalue weighted by molar-refractivity contribution is 5.80. The van der Waals surface area contributed by atoms with Crippen LogP contribution in [0, 0.1) is 11.8 Å². The van der Waals surface area contributed by atoms with Crippen molar-refractivity contribution < 1.29 is 4.79 Å². The van der Waals surface area contributed by atoms with Crippen molar-refractivity contribution in [1.82, 2.24) is 5.32 Å². The summed E-state index contributed by atoms with van der Waals surface area (Å²) in [5.74, 6) is 0.216. The van der Waals surface area contributed by atoms with Gasteiger partial charge in [0.05, 0.1) is 0 Å². The third-order valence-electron chi connectivity index (χ3n) is 2.45. The van der Waals surface area contributed by atoms with Gasteiger partial charge in [-0.15, -0.1) is 0 Å². The molecule has 0 fully saturated rings. The van der Waals surface area contributed by atoms with Gasteiger partial charge in [-0.1, -0.05) is 38.2 Å². The Bertz CT molecular complexity index is 309. The van der Waals surface area contributed by atoms with E-state index in [1.54, 1.807) is 6.08 Å². The maximum absolute atomic E-state index is 11.8. The first-order chi connectivity index (χ1) is 7.38. The van der Waals surface area contributed by atoms with Crippen molar-refractivity contribution in [3.63, 3.8) is 0 Å². The summed E-state index contributed by atoms with van der Waals surface area (Å²) < 4.78 is 0. The molecule has 0 rings (SSSR count). The molecule has 90 valence electrons. The predicted molar refractivity (Wildman–Crippen MR) is 69.9 cm³/mol. The van der Waals surface area contributed by atoms with Crippen LogP contribution in [0.25, 0.3) is 0 Å². The first kappa shape index (κ1) is 14.7. The molecular weight excluding hydrogens is 198 g/mol. The number of nitrogens with one attached hydrogen (secondary N) is 1. The summed E-state index contributed by atoms with van der Waals surface area (Å²) in [6.07, 6.45) is 5.76. The Morgan fingerprint density at radius 3 is 2.31 bits per heavy atom. The standard InChI is InChI=1S/C14H23NO/c1-7-8-12(5)15-14(16)13(6)11(4)9-10(2)3/h7-9,11,13H,5H2,1-4,6H3,(H,15,16)/b8-7-. The number of amides is 1. The zero-order valence-electron chi connectivity index (χ0n) is 11.0. The highest BCUT2D eigenvalue weighted by atomic mass is 16.1. The average Bonchev–Trinajstić information content (AvgIpc) is 2.15. The molecule has 0 aliphatic rings. The molecule has 0 saturated heterocycles. The molecule has 0 aliphatic carbocycles. The molecule has 2 heteroatoms. The van der Waals surface area contributed by atoms with Gasteiger partial charge in [-0.25, -0.2) is 0 Å². The van der Waals surface area contributed by atoms with Gasteiger partial charge in [0.25, 0.3) is 0 Å². The van der Waals surface area contributed by atoms with E-state index in [1.165, 1.54) is 5.57 Å². The van der Waals surface area contributed by atoms with Gasteiger partial charge in [0, 0.05) is 11.6 Å². The summed E-state index contributed by atoms with van der Waals surface area (Å²) in [4.78, 5) is 11.8. The van der Waals surface area contributed by atoms with E-state index in [0.717, 1.165) is 0 Å². The van der Waals surface area contributed by atoms with E-state index < -0.39 is 0 Å². The Morgan fingerprint density at radius 1 is 1.31 bits per heavy atom. The molecule has 0 heterocycles. The quantitative estimate of drug-likeness (QED) is 0.559. The molecule has 2 atom stereocenters. The van der Waals surface area contributed by atoms with Crippen LogP contribution < -0.4 is 5.32 Å². The van der Waals surface area contributed by atoms with Gasteiger partial charge in [-0.05, 0) is 32.8 Å². The van der Waals surface area contributed by atoms with Crippen LogP contribution in [0.3, 0.4) is 0 Å². The summed E-state index contributed by atoms with van der Waals surface area (Å²) in [5, 5.41) is 2.79.